The molecule has 0 saturated carbocycles. The smallest absolute Gasteiger partial charge is 0.255 e. The second-order valence-corrected chi connectivity index (χ2v) is 9.15. The van der Waals surface area contributed by atoms with Gasteiger partial charge in [0.05, 0.1) is 5.25 Å². The minimum absolute atomic E-state index is 0.178. The molecular formula is C27H23N3O3S. The maximum absolute atomic E-state index is 12.8. The predicted molar refractivity (Wildman–Crippen MR) is 137 cm³/mol. The summed E-state index contributed by atoms with van der Waals surface area (Å²) in [4.78, 5) is 37.4. The van der Waals surface area contributed by atoms with Gasteiger partial charge in [0.2, 0.25) is 11.8 Å². The van der Waals surface area contributed by atoms with Gasteiger partial charge in [0, 0.05) is 27.4 Å². The average molecular weight is 470 g/mol. The summed E-state index contributed by atoms with van der Waals surface area (Å²) in [6.07, 6.45) is 0. The number of hydrogen-bond acceptors (Lipinski definition) is 4. The lowest BCUT2D eigenvalue weighted by atomic mass is 10.1. The zero-order valence-corrected chi connectivity index (χ0v) is 19.3. The normalized spacial score (nSPS) is 11.6. The third-order valence-electron chi connectivity index (χ3n) is 5.22. The first-order valence-electron chi connectivity index (χ1n) is 10.7. The quantitative estimate of drug-likeness (QED) is 0.319. The van der Waals surface area contributed by atoms with Gasteiger partial charge in [-0.15, -0.1) is 11.8 Å². The van der Waals surface area contributed by atoms with E-state index in [1.165, 1.54) is 11.8 Å². The number of fused-ring (bicyclic) bond motifs is 1. The standard InChI is InChI=1S/C27H23N3O3S/c1-17(26(32)29-22-13-11-19(12-14-22)25(28)31)34-24-8-4-7-23(16-24)30-27(33)21-10-9-18-5-2-3-6-20(18)15-21/h2-17H,1H3,(H2,28,31)(H,29,32)(H,30,33). The van der Waals surface area contributed by atoms with Crippen molar-refractivity contribution in [3.8, 4) is 0 Å². The zero-order chi connectivity index (χ0) is 24.1. The van der Waals surface area contributed by atoms with Crippen LogP contribution in [0.4, 0.5) is 11.4 Å². The van der Waals surface area contributed by atoms with Crippen LogP contribution in [0, 0.1) is 0 Å². The molecule has 0 spiro atoms. The molecule has 0 aliphatic heterocycles. The van der Waals surface area contributed by atoms with Crippen LogP contribution in [0.5, 0.6) is 0 Å². The second-order valence-electron chi connectivity index (χ2n) is 7.73. The Balaban J connectivity index is 1.38. The van der Waals surface area contributed by atoms with Crippen molar-refractivity contribution < 1.29 is 14.4 Å². The number of anilines is 2. The molecule has 0 saturated heterocycles. The van der Waals surface area contributed by atoms with Gasteiger partial charge in [-0.3, -0.25) is 14.4 Å². The summed E-state index contributed by atoms with van der Waals surface area (Å²) in [5.74, 6) is -0.894. The van der Waals surface area contributed by atoms with Crippen molar-refractivity contribution in [3.05, 3.63) is 102 Å². The van der Waals surface area contributed by atoms with Gasteiger partial charge in [-0.05, 0) is 72.3 Å². The van der Waals surface area contributed by atoms with Gasteiger partial charge >= 0.3 is 0 Å². The summed E-state index contributed by atoms with van der Waals surface area (Å²) in [6, 6.07) is 27.3. The lowest BCUT2D eigenvalue weighted by molar-refractivity contribution is -0.115. The lowest BCUT2D eigenvalue weighted by Gasteiger charge is -2.13. The van der Waals surface area contributed by atoms with Crippen molar-refractivity contribution in [2.45, 2.75) is 17.1 Å². The number of nitrogens with two attached hydrogens (primary N) is 1. The van der Waals surface area contributed by atoms with Crippen LogP contribution < -0.4 is 16.4 Å². The van der Waals surface area contributed by atoms with E-state index in [9.17, 15) is 14.4 Å². The summed E-state index contributed by atoms with van der Waals surface area (Å²) in [5, 5.41) is 7.45. The van der Waals surface area contributed by atoms with Gasteiger partial charge in [-0.1, -0.05) is 36.4 Å². The van der Waals surface area contributed by atoms with Crippen LogP contribution in [0.25, 0.3) is 10.8 Å². The van der Waals surface area contributed by atoms with E-state index in [-0.39, 0.29) is 17.1 Å². The first-order valence-corrected chi connectivity index (χ1v) is 11.5. The fourth-order valence-electron chi connectivity index (χ4n) is 3.40. The van der Waals surface area contributed by atoms with Crippen LogP contribution in [0.3, 0.4) is 0 Å². The number of hydrogen-bond donors (Lipinski definition) is 3. The van der Waals surface area contributed by atoms with Gasteiger partial charge in [-0.25, -0.2) is 0 Å². The van der Waals surface area contributed by atoms with Crippen LogP contribution >= 0.6 is 11.8 Å². The molecule has 1 atom stereocenters. The molecular weight excluding hydrogens is 446 g/mol. The first-order chi connectivity index (χ1) is 16.4. The molecule has 0 heterocycles. The number of amides is 3. The van der Waals surface area contributed by atoms with E-state index in [4.69, 9.17) is 5.73 Å². The third-order valence-corrected chi connectivity index (χ3v) is 6.32. The van der Waals surface area contributed by atoms with E-state index in [0.717, 1.165) is 15.7 Å². The fraction of sp³-hybridized carbons (Fsp3) is 0.0741. The Bertz CT molecular complexity index is 1370. The molecule has 6 nitrogen and oxygen atoms in total. The summed E-state index contributed by atoms with van der Waals surface area (Å²) >= 11 is 1.38. The topological polar surface area (TPSA) is 101 Å². The zero-order valence-electron chi connectivity index (χ0n) is 18.4. The Morgan fingerprint density at radius 1 is 0.735 bits per heavy atom. The van der Waals surface area contributed by atoms with E-state index in [0.29, 0.717) is 22.5 Å². The largest absolute Gasteiger partial charge is 0.366 e. The fourth-order valence-corrected chi connectivity index (χ4v) is 4.33. The number of benzene rings is 4. The first kappa shape index (κ1) is 23.1. The third kappa shape index (κ3) is 5.63. The molecule has 0 fully saturated rings. The second kappa shape index (κ2) is 10.2. The van der Waals surface area contributed by atoms with Gasteiger partial charge in [0.1, 0.15) is 0 Å². The van der Waals surface area contributed by atoms with Crippen LogP contribution in [0.2, 0.25) is 0 Å². The van der Waals surface area contributed by atoms with Gasteiger partial charge in [0.15, 0.2) is 0 Å². The van der Waals surface area contributed by atoms with Crippen LogP contribution in [-0.4, -0.2) is 23.0 Å². The number of thioether (sulfide) groups is 1. The van der Waals surface area contributed by atoms with Crippen molar-refractivity contribution >= 4 is 51.6 Å². The highest BCUT2D eigenvalue weighted by Gasteiger charge is 2.16. The highest BCUT2D eigenvalue weighted by molar-refractivity contribution is 8.00. The molecule has 4 aromatic rings. The highest BCUT2D eigenvalue weighted by atomic mass is 32.2. The molecule has 7 heteroatoms. The molecule has 0 radical (unpaired) electrons. The van der Waals surface area contributed by atoms with Crippen molar-refractivity contribution in [1.82, 2.24) is 0 Å². The maximum atomic E-state index is 12.8. The molecule has 0 aliphatic rings. The van der Waals surface area contributed by atoms with Crippen molar-refractivity contribution in [3.63, 3.8) is 0 Å². The molecule has 4 N–H and O–H groups in total. The Hall–Kier alpha value is -4.10. The number of nitrogens with one attached hydrogen (secondary N) is 2. The Labute approximate surface area is 201 Å². The van der Waals surface area contributed by atoms with Crippen LogP contribution in [-0.2, 0) is 4.79 Å². The molecule has 1 unspecified atom stereocenters. The predicted octanol–water partition coefficient (Wildman–Crippen LogP) is 5.31. The SMILES string of the molecule is CC(Sc1cccc(NC(=O)c2ccc3ccccc3c2)c1)C(=O)Nc1ccc(C(N)=O)cc1. The lowest BCUT2D eigenvalue weighted by Crippen LogP contribution is -2.22. The Morgan fingerprint density at radius 3 is 2.18 bits per heavy atom. The highest BCUT2D eigenvalue weighted by Crippen LogP contribution is 2.27. The monoisotopic (exact) mass is 469 g/mol. The number of rotatable bonds is 7. The van der Waals surface area contributed by atoms with E-state index in [1.54, 1.807) is 37.3 Å². The minimum atomic E-state index is -0.519. The Morgan fingerprint density at radius 2 is 1.44 bits per heavy atom. The summed E-state index contributed by atoms with van der Waals surface area (Å²) < 4.78 is 0. The number of carbonyl (C=O) groups is 3. The molecule has 34 heavy (non-hydrogen) atoms. The molecule has 170 valence electrons. The molecule has 0 bridgehead atoms. The van der Waals surface area contributed by atoms with Crippen LogP contribution in [0.1, 0.15) is 27.6 Å². The van der Waals surface area contributed by atoms with E-state index >= 15 is 0 Å². The van der Waals surface area contributed by atoms with Crippen molar-refractivity contribution in [2.24, 2.45) is 5.73 Å². The summed E-state index contributed by atoms with van der Waals surface area (Å²) in [7, 11) is 0. The summed E-state index contributed by atoms with van der Waals surface area (Å²) in [6.45, 7) is 1.80. The van der Waals surface area contributed by atoms with Crippen LogP contribution in [0.15, 0.2) is 95.9 Å². The molecule has 3 amide bonds. The van der Waals surface area contributed by atoms with Gasteiger partial charge in [0.25, 0.3) is 5.91 Å². The molecule has 4 rings (SSSR count). The molecule has 0 aliphatic carbocycles. The van der Waals surface area contributed by atoms with E-state index in [1.807, 2.05) is 60.7 Å². The average Bonchev–Trinajstić information content (AvgIpc) is 2.84. The molecule has 4 aromatic carbocycles. The minimum Gasteiger partial charge on any atom is -0.366 e. The van der Waals surface area contributed by atoms with E-state index < -0.39 is 5.91 Å². The van der Waals surface area contributed by atoms with Crippen molar-refractivity contribution in [1.29, 1.82) is 0 Å². The van der Waals surface area contributed by atoms with Crippen molar-refractivity contribution in [2.75, 3.05) is 10.6 Å². The van der Waals surface area contributed by atoms with E-state index in [2.05, 4.69) is 10.6 Å². The maximum Gasteiger partial charge on any atom is 0.255 e. The number of primary amides is 1. The van der Waals surface area contributed by atoms with Gasteiger partial charge in [-0.2, -0.15) is 0 Å². The molecule has 0 aromatic heterocycles. The Kier molecular flexibility index (Phi) is 6.94. The van der Waals surface area contributed by atoms with Gasteiger partial charge < -0.3 is 16.4 Å². The number of carbonyl (C=O) groups excluding carboxylic acids is 3. The summed E-state index contributed by atoms with van der Waals surface area (Å²) in [5.41, 5.74) is 7.43.